The summed E-state index contributed by atoms with van der Waals surface area (Å²) in [5, 5.41) is 12.4. The second-order valence-corrected chi connectivity index (χ2v) is 6.44. The molecule has 1 amide bonds. The maximum absolute atomic E-state index is 12.5. The van der Waals surface area contributed by atoms with E-state index in [0.29, 0.717) is 35.8 Å². The largest absolute Gasteiger partial charge is 0.496 e. The average Bonchev–Trinajstić information content (AvgIpc) is 2.57. The molecule has 2 N–H and O–H groups in total. The van der Waals surface area contributed by atoms with Crippen LogP contribution < -0.4 is 14.8 Å². The van der Waals surface area contributed by atoms with Crippen LogP contribution in [0.3, 0.4) is 0 Å². The highest BCUT2D eigenvalue weighted by Crippen LogP contribution is 2.33. The number of rotatable bonds is 6. The Morgan fingerprint density at radius 1 is 1.21 bits per heavy atom. The highest BCUT2D eigenvalue weighted by Gasteiger charge is 2.42. The van der Waals surface area contributed by atoms with E-state index >= 15 is 0 Å². The molecule has 1 aliphatic carbocycles. The number of nitrogens with one attached hydrogen (secondary N) is 1. The van der Waals surface area contributed by atoms with Crippen LogP contribution in [0.15, 0.2) is 18.2 Å². The van der Waals surface area contributed by atoms with E-state index in [4.69, 9.17) is 9.47 Å². The number of hydrogen-bond donors (Lipinski definition) is 2. The summed E-state index contributed by atoms with van der Waals surface area (Å²) < 4.78 is 10.6. The van der Waals surface area contributed by atoms with Gasteiger partial charge in [0, 0.05) is 5.56 Å². The van der Waals surface area contributed by atoms with Gasteiger partial charge in [-0.05, 0) is 43.7 Å². The Balaban J connectivity index is 2.16. The molecule has 0 atom stereocenters. The minimum absolute atomic E-state index is 0.0117. The Bertz CT molecular complexity index is 583. The van der Waals surface area contributed by atoms with Gasteiger partial charge in [0.15, 0.2) is 0 Å². The fraction of sp³-hybridized carbons (Fsp3) is 0.556. The van der Waals surface area contributed by atoms with Crippen LogP contribution in [0, 0.1) is 5.92 Å². The van der Waals surface area contributed by atoms with Gasteiger partial charge in [-0.15, -0.1) is 0 Å². The predicted octanol–water partition coefficient (Wildman–Crippen LogP) is 2.40. The lowest BCUT2D eigenvalue weighted by Gasteiger charge is -2.36. The molecule has 1 aromatic rings. The van der Waals surface area contributed by atoms with Crippen LogP contribution >= 0.6 is 0 Å². The normalized spacial score (nSPS) is 23.4. The van der Waals surface area contributed by atoms with Gasteiger partial charge in [-0.1, -0.05) is 13.0 Å². The zero-order valence-corrected chi connectivity index (χ0v) is 14.4. The molecule has 6 heteroatoms. The molecule has 6 nitrogen and oxygen atoms in total. The number of carboxylic acids is 1. The molecule has 2 rings (SSSR count). The Morgan fingerprint density at radius 2 is 1.75 bits per heavy atom. The minimum atomic E-state index is -1.17. The number of carbonyl (C=O) groups is 2. The minimum Gasteiger partial charge on any atom is -0.496 e. The van der Waals surface area contributed by atoms with E-state index < -0.39 is 11.5 Å². The zero-order valence-electron chi connectivity index (χ0n) is 14.4. The first-order chi connectivity index (χ1) is 11.4. The van der Waals surface area contributed by atoms with Crippen molar-refractivity contribution < 1.29 is 24.2 Å². The van der Waals surface area contributed by atoms with Gasteiger partial charge >= 0.3 is 5.97 Å². The van der Waals surface area contributed by atoms with E-state index in [-0.39, 0.29) is 12.3 Å². The molecule has 0 aromatic heterocycles. The van der Waals surface area contributed by atoms with Gasteiger partial charge in [-0.2, -0.15) is 0 Å². The van der Waals surface area contributed by atoms with E-state index in [1.54, 1.807) is 18.2 Å². The predicted molar refractivity (Wildman–Crippen MR) is 89.4 cm³/mol. The molecule has 1 saturated carbocycles. The highest BCUT2D eigenvalue weighted by molar-refractivity contribution is 5.88. The third kappa shape index (κ3) is 3.80. The van der Waals surface area contributed by atoms with Gasteiger partial charge in [0.2, 0.25) is 5.91 Å². The van der Waals surface area contributed by atoms with Crippen LogP contribution in [0.1, 0.15) is 38.2 Å². The van der Waals surface area contributed by atoms with Crippen molar-refractivity contribution >= 4 is 11.9 Å². The van der Waals surface area contributed by atoms with Crippen molar-refractivity contribution in [1.82, 2.24) is 5.32 Å². The average molecular weight is 335 g/mol. The molecule has 0 heterocycles. The Kier molecular flexibility index (Phi) is 5.70. The maximum atomic E-state index is 12.5. The van der Waals surface area contributed by atoms with Gasteiger partial charge in [0.1, 0.15) is 17.0 Å². The summed E-state index contributed by atoms with van der Waals surface area (Å²) >= 11 is 0. The Labute approximate surface area is 142 Å². The van der Waals surface area contributed by atoms with E-state index in [1.165, 1.54) is 14.2 Å². The summed E-state index contributed by atoms with van der Waals surface area (Å²) in [7, 11) is 3.05. The van der Waals surface area contributed by atoms with Crippen molar-refractivity contribution in [3.05, 3.63) is 23.8 Å². The molecule has 0 spiro atoms. The molecule has 1 aliphatic rings. The number of methoxy groups -OCH3 is 2. The molecule has 24 heavy (non-hydrogen) atoms. The summed E-state index contributed by atoms with van der Waals surface area (Å²) in [5.41, 5.74) is -0.552. The molecule has 0 bridgehead atoms. The number of benzene rings is 1. The van der Waals surface area contributed by atoms with Crippen molar-refractivity contribution in [2.24, 2.45) is 5.92 Å². The second-order valence-electron chi connectivity index (χ2n) is 6.44. The molecule has 0 unspecified atom stereocenters. The summed E-state index contributed by atoms with van der Waals surface area (Å²) in [6.45, 7) is 2.10. The molecular weight excluding hydrogens is 310 g/mol. The zero-order chi connectivity index (χ0) is 17.7. The fourth-order valence-corrected chi connectivity index (χ4v) is 3.22. The molecule has 0 aliphatic heterocycles. The van der Waals surface area contributed by atoms with Crippen LogP contribution in [0.4, 0.5) is 0 Å². The monoisotopic (exact) mass is 335 g/mol. The second kappa shape index (κ2) is 7.55. The van der Waals surface area contributed by atoms with E-state index in [1.807, 2.05) is 0 Å². The first-order valence-electron chi connectivity index (χ1n) is 8.16. The quantitative estimate of drug-likeness (QED) is 0.834. The van der Waals surface area contributed by atoms with Crippen LogP contribution in [0.5, 0.6) is 11.5 Å². The van der Waals surface area contributed by atoms with Gasteiger partial charge in [0.25, 0.3) is 0 Å². The van der Waals surface area contributed by atoms with Gasteiger partial charge < -0.3 is 19.9 Å². The van der Waals surface area contributed by atoms with Gasteiger partial charge in [-0.3, -0.25) is 4.79 Å². The molecule has 132 valence electrons. The number of carbonyl (C=O) groups excluding carboxylic acids is 1. The standard InChI is InChI=1S/C18H25NO5/c1-12-7-9-18(10-8-12,17(21)22)19-16(20)11-13-14(23-2)5-4-6-15(13)24-3/h4-6,12H,7-11H2,1-3H3,(H,19,20)(H,21,22). The van der Waals surface area contributed by atoms with Crippen LogP contribution in [0.2, 0.25) is 0 Å². The Hall–Kier alpha value is -2.24. The van der Waals surface area contributed by atoms with Crippen molar-refractivity contribution in [1.29, 1.82) is 0 Å². The lowest BCUT2D eigenvalue weighted by Crippen LogP contribution is -2.56. The van der Waals surface area contributed by atoms with Gasteiger partial charge in [-0.25, -0.2) is 4.79 Å². The van der Waals surface area contributed by atoms with Crippen LogP contribution in [-0.4, -0.2) is 36.7 Å². The molecule has 1 aromatic carbocycles. The third-order valence-corrected chi connectivity index (χ3v) is 4.78. The number of hydrogen-bond acceptors (Lipinski definition) is 4. The summed E-state index contributed by atoms with van der Waals surface area (Å²) in [4.78, 5) is 24.3. The lowest BCUT2D eigenvalue weighted by molar-refractivity contribution is -0.149. The number of amides is 1. The van der Waals surface area contributed by atoms with Crippen molar-refractivity contribution in [2.75, 3.05) is 14.2 Å². The van der Waals surface area contributed by atoms with Crippen molar-refractivity contribution in [2.45, 2.75) is 44.6 Å². The van der Waals surface area contributed by atoms with E-state index in [9.17, 15) is 14.7 Å². The number of carboxylic acid groups (broad SMARTS) is 1. The van der Waals surface area contributed by atoms with E-state index in [0.717, 1.165) is 12.8 Å². The third-order valence-electron chi connectivity index (χ3n) is 4.78. The van der Waals surface area contributed by atoms with Crippen molar-refractivity contribution in [3.63, 3.8) is 0 Å². The fourth-order valence-electron chi connectivity index (χ4n) is 3.22. The smallest absolute Gasteiger partial charge is 0.329 e. The van der Waals surface area contributed by atoms with Crippen molar-refractivity contribution in [3.8, 4) is 11.5 Å². The van der Waals surface area contributed by atoms with E-state index in [2.05, 4.69) is 12.2 Å². The number of aliphatic carboxylic acids is 1. The lowest BCUT2D eigenvalue weighted by atomic mass is 9.77. The topological polar surface area (TPSA) is 84.9 Å². The SMILES string of the molecule is COc1cccc(OC)c1CC(=O)NC1(C(=O)O)CCC(C)CC1. The van der Waals surface area contributed by atoms with Gasteiger partial charge in [0.05, 0.1) is 20.6 Å². The summed E-state index contributed by atoms with van der Waals surface area (Å²) in [6.07, 6.45) is 2.52. The summed E-state index contributed by atoms with van der Waals surface area (Å²) in [6, 6.07) is 5.28. The first kappa shape index (κ1) is 18.1. The highest BCUT2D eigenvalue weighted by atomic mass is 16.5. The Morgan fingerprint density at radius 3 is 2.21 bits per heavy atom. The van der Waals surface area contributed by atoms with Crippen LogP contribution in [-0.2, 0) is 16.0 Å². The maximum Gasteiger partial charge on any atom is 0.329 e. The molecule has 0 saturated heterocycles. The van der Waals surface area contributed by atoms with Crippen LogP contribution in [0.25, 0.3) is 0 Å². The number of ether oxygens (including phenoxy) is 2. The molecular formula is C18H25NO5. The molecule has 1 fully saturated rings. The summed E-state index contributed by atoms with van der Waals surface area (Å²) in [5.74, 6) is 0.283. The molecule has 0 radical (unpaired) electrons. The first-order valence-corrected chi connectivity index (χ1v) is 8.16.